The number of fused-ring (bicyclic) bond motifs is 7. The van der Waals surface area contributed by atoms with Crippen LogP contribution in [0.1, 0.15) is 48.6 Å². The largest absolute Gasteiger partial charge is 0.311 e. The Balaban J connectivity index is 0.974. The van der Waals surface area contributed by atoms with Crippen LogP contribution in [0, 0.1) is 0 Å². The molecule has 0 amide bonds. The first kappa shape index (κ1) is 56.7. The molecule has 2 aliphatic heterocycles. The molecule has 14 aromatic carbocycles. The van der Waals surface area contributed by atoms with Gasteiger partial charge in [0.1, 0.15) is 0 Å². The maximum absolute atomic E-state index is 2.90. The van der Waals surface area contributed by atoms with Gasteiger partial charge in [-0.2, -0.15) is 0 Å². The van der Waals surface area contributed by atoms with Crippen LogP contribution in [0.3, 0.4) is 0 Å². The summed E-state index contributed by atoms with van der Waals surface area (Å²) in [4.78, 5) is 5.22. The molecule has 94 heavy (non-hydrogen) atoms. The molecule has 3 nitrogen and oxygen atoms in total. The van der Waals surface area contributed by atoms with Crippen LogP contribution < -0.4 is 46.9 Å². The lowest BCUT2D eigenvalue weighted by Crippen LogP contribution is -2.74. The summed E-state index contributed by atoms with van der Waals surface area (Å²) < 4.78 is 2.51. The zero-order valence-electron chi connectivity index (χ0n) is 53.0. The van der Waals surface area contributed by atoms with Gasteiger partial charge in [-0.25, -0.2) is 0 Å². The Morgan fingerprint density at radius 2 is 0.713 bits per heavy atom. The summed E-state index contributed by atoms with van der Waals surface area (Å²) in [6.45, 7) is 6.75. The Labute approximate surface area is 552 Å². The van der Waals surface area contributed by atoms with E-state index in [1.165, 1.54) is 86.9 Å². The fourth-order valence-corrected chi connectivity index (χ4v) is 20.9. The van der Waals surface area contributed by atoms with Crippen LogP contribution in [0.5, 0.6) is 0 Å². The smallest absolute Gasteiger partial charge is 0.252 e. The minimum Gasteiger partial charge on any atom is -0.311 e. The van der Waals surface area contributed by atoms with Gasteiger partial charge in [0.2, 0.25) is 0 Å². The van der Waals surface area contributed by atoms with E-state index in [9.17, 15) is 0 Å². The second-order valence-electron chi connectivity index (χ2n) is 26.3. The minimum absolute atomic E-state index is 0.00642. The van der Waals surface area contributed by atoms with Crippen LogP contribution >= 0.6 is 0 Å². The number of benzene rings is 14. The number of anilines is 6. The van der Waals surface area contributed by atoms with Crippen molar-refractivity contribution in [2.45, 2.75) is 31.6 Å². The van der Waals surface area contributed by atoms with Crippen LogP contribution in [-0.2, 0) is 10.8 Å². The Morgan fingerprint density at radius 3 is 1.23 bits per heavy atom. The molecular formula is C89H68BN3Si. The highest BCUT2D eigenvalue weighted by Crippen LogP contribution is 2.50. The third-order valence-electron chi connectivity index (χ3n) is 20.2. The van der Waals surface area contributed by atoms with Crippen LogP contribution in [0.25, 0.3) is 38.6 Å². The number of hydrogen-bond acceptors (Lipinski definition) is 2. The molecule has 0 atom stereocenters. The van der Waals surface area contributed by atoms with Crippen molar-refractivity contribution in [3.63, 3.8) is 0 Å². The van der Waals surface area contributed by atoms with E-state index in [-0.39, 0.29) is 12.1 Å². The van der Waals surface area contributed by atoms with Crippen molar-refractivity contribution >= 4 is 108 Å². The molecule has 0 saturated heterocycles. The molecule has 2 aliphatic rings. The lowest BCUT2D eigenvalue weighted by molar-refractivity contribution is 0.590. The summed E-state index contributed by atoms with van der Waals surface area (Å²) in [5.74, 6) is 0. The SMILES string of the molecule is CC(C)(C)c1ccc(-c2cccc3c2B2c4ccccc4N(c4cccc(C(c5ccccc5)(c5ccccc5)c5ccccc5)c4)c4cc(-n5c6ccccc6c6ccccc65)cc(c42)N3c2ccc([Si](c3ccccc3)(c3ccccc3)c3ccccc3)cc2)cc1. The van der Waals surface area contributed by atoms with Crippen LogP contribution in [0.15, 0.2) is 358 Å². The molecule has 446 valence electrons. The molecule has 1 aromatic heterocycles. The normalized spacial score (nSPS) is 12.8. The first-order valence-corrected chi connectivity index (χ1v) is 34.9. The van der Waals surface area contributed by atoms with Crippen molar-refractivity contribution in [1.82, 2.24) is 4.57 Å². The molecule has 0 spiro atoms. The molecule has 0 N–H and O–H groups in total. The van der Waals surface area contributed by atoms with Gasteiger partial charge in [-0.1, -0.05) is 318 Å². The first-order chi connectivity index (χ1) is 46.3. The molecule has 0 radical (unpaired) electrons. The van der Waals surface area contributed by atoms with Crippen LogP contribution in [0.4, 0.5) is 34.1 Å². The van der Waals surface area contributed by atoms with Crippen molar-refractivity contribution in [2.75, 3.05) is 9.80 Å². The van der Waals surface area contributed by atoms with Gasteiger partial charge in [0.15, 0.2) is 8.07 Å². The van der Waals surface area contributed by atoms with E-state index >= 15 is 0 Å². The number of hydrogen-bond donors (Lipinski definition) is 0. The highest BCUT2D eigenvalue weighted by Gasteiger charge is 2.47. The standard InChI is InChI=1S/C89H68BN3Si/c1-88(2,3)64-54-52-63(53-55-64)76-46-29-51-83-86(76)90-79-47-24-27-50-82(79)92(70-37-28-36-68(60-70)89(65-30-10-4-11-31-65,66-32-12-5-13-33-66)67-34-14-6-15-35-67)85-62-71(93-80-48-25-22-44-77(80)78-45-23-26-49-81(78)93)61-84(87(85)90)91(83)69-56-58-75(59-57-69)94(72-38-16-7-17-39-72,73-40-18-8-19-41-73)74-42-20-9-21-43-74/h4-62H,1-3H3. The monoisotopic (exact) mass is 1220 g/mol. The molecule has 0 saturated carbocycles. The van der Waals surface area contributed by atoms with E-state index in [4.69, 9.17) is 0 Å². The summed E-state index contributed by atoms with van der Waals surface area (Å²) in [6.07, 6.45) is 0. The number of para-hydroxylation sites is 3. The third kappa shape index (κ3) is 8.94. The summed E-state index contributed by atoms with van der Waals surface area (Å²) in [6, 6.07) is 135. The molecule has 17 rings (SSSR count). The van der Waals surface area contributed by atoms with Crippen molar-refractivity contribution in [2.24, 2.45) is 0 Å². The highest BCUT2D eigenvalue weighted by atomic mass is 28.3. The molecule has 0 fully saturated rings. The van der Waals surface area contributed by atoms with Gasteiger partial charge in [-0.3, -0.25) is 0 Å². The average molecular weight is 1220 g/mol. The van der Waals surface area contributed by atoms with E-state index in [0.29, 0.717) is 0 Å². The maximum Gasteiger partial charge on any atom is 0.252 e. The zero-order chi connectivity index (χ0) is 63.0. The Kier molecular flexibility index (Phi) is 13.8. The van der Waals surface area contributed by atoms with Gasteiger partial charge in [-0.05, 0) is 142 Å². The van der Waals surface area contributed by atoms with Gasteiger partial charge in [-0.15, -0.1) is 0 Å². The van der Waals surface area contributed by atoms with Gasteiger partial charge in [0, 0.05) is 44.9 Å². The number of nitrogens with zero attached hydrogens (tertiary/aromatic N) is 3. The Bertz CT molecular complexity index is 5040. The topological polar surface area (TPSA) is 11.4 Å². The highest BCUT2D eigenvalue weighted by molar-refractivity contribution is 7.20. The molecule has 3 heterocycles. The Morgan fingerprint density at radius 1 is 0.287 bits per heavy atom. The summed E-state index contributed by atoms with van der Waals surface area (Å²) >= 11 is 0. The van der Waals surface area contributed by atoms with E-state index in [1.54, 1.807) is 0 Å². The molecule has 0 aliphatic carbocycles. The predicted octanol–water partition coefficient (Wildman–Crippen LogP) is 17.6. The minimum atomic E-state index is -2.90. The Hall–Kier alpha value is -11.2. The molecule has 5 heteroatoms. The van der Waals surface area contributed by atoms with Crippen LogP contribution in [0.2, 0.25) is 0 Å². The summed E-state index contributed by atoms with van der Waals surface area (Å²) in [5.41, 5.74) is 21.8. The molecular weight excluding hydrogens is 1150 g/mol. The fourth-order valence-electron chi connectivity index (χ4n) is 16.1. The van der Waals surface area contributed by atoms with Crippen molar-refractivity contribution in [3.05, 3.63) is 386 Å². The number of aromatic nitrogens is 1. The molecule has 0 bridgehead atoms. The summed E-state index contributed by atoms with van der Waals surface area (Å²) in [5, 5.41) is 7.80. The third-order valence-corrected chi connectivity index (χ3v) is 25.0. The van der Waals surface area contributed by atoms with Crippen molar-refractivity contribution in [3.8, 4) is 16.8 Å². The van der Waals surface area contributed by atoms with E-state index in [1.807, 2.05) is 0 Å². The van der Waals surface area contributed by atoms with E-state index in [0.717, 1.165) is 50.8 Å². The zero-order valence-corrected chi connectivity index (χ0v) is 54.0. The average Bonchev–Trinajstić information content (AvgIpc) is 0.790. The fraction of sp³-hybridized carbons (Fsp3) is 0.0562. The maximum atomic E-state index is 2.61. The van der Waals surface area contributed by atoms with E-state index < -0.39 is 13.5 Å². The second kappa shape index (κ2) is 22.9. The summed E-state index contributed by atoms with van der Waals surface area (Å²) in [7, 11) is -2.90. The first-order valence-electron chi connectivity index (χ1n) is 32.9. The molecule has 0 unspecified atom stereocenters. The lowest BCUT2D eigenvalue weighted by Gasteiger charge is -2.45. The lowest BCUT2D eigenvalue weighted by atomic mass is 9.32. The van der Waals surface area contributed by atoms with Crippen molar-refractivity contribution < 1.29 is 0 Å². The van der Waals surface area contributed by atoms with Gasteiger partial charge >= 0.3 is 0 Å². The second-order valence-corrected chi connectivity index (χ2v) is 30.1. The van der Waals surface area contributed by atoms with Crippen LogP contribution in [-0.4, -0.2) is 19.4 Å². The van der Waals surface area contributed by atoms with E-state index in [2.05, 4.69) is 393 Å². The molecule has 15 aromatic rings. The van der Waals surface area contributed by atoms with Gasteiger partial charge < -0.3 is 14.4 Å². The van der Waals surface area contributed by atoms with Gasteiger partial charge in [0.05, 0.1) is 22.1 Å². The predicted molar refractivity (Wildman–Crippen MR) is 401 cm³/mol. The van der Waals surface area contributed by atoms with Crippen molar-refractivity contribution in [1.29, 1.82) is 0 Å². The number of rotatable bonds is 12. The van der Waals surface area contributed by atoms with Gasteiger partial charge in [0.25, 0.3) is 6.71 Å². The quantitative estimate of drug-likeness (QED) is 0.0892.